The topological polar surface area (TPSA) is 105 Å². The number of amides is 1. The lowest BCUT2D eigenvalue weighted by molar-refractivity contribution is 0.0754. The Hall–Kier alpha value is -1.66. The average Bonchev–Trinajstić information content (AvgIpc) is 2.55. The summed E-state index contributed by atoms with van der Waals surface area (Å²) in [7, 11) is 0. The number of carbonyl (C=O) groups excluding carboxylic acids is 2. The molecule has 26 heavy (non-hydrogen) atoms. The number of aromatic nitrogens is 1. The van der Waals surface area contributed by atoms with E-state index in [9.17, 15) is 14.4 Å². The number of aryl methyl sites for hydroxylation is 1. The first-order valence-electron chi connectivity index (χ1n) is 9.38. The quantitative estimate of drug-likeness (QED) is 0.730. The Morgan fingerprint density at radius 2 is 1.81 bits per heavy atom. The van der Waals surface area contributed by atoms with E-state index in [4.69, 9.17) is 5.73 Å². The van der Waals surface area contributed by atoms with Crippen molar-refractivity contribution >= 4 is 24.1 Å². The van der Waals surface area contributed by atoms with Gasteiger partial charge < -0.3 is 16.0 Å². The van der Waals surface area contributed by atoms with E-state index in [1.807, 2.05) is 0 Å². The number of nitrogens with two attached hydrogens (primary N) is 1. The number of rotatable bonds is 2. The first-order chi connectivity index (χ1) is 12.0. The number of Topliss-reactive ketones (excluding diaryl/α,β-unsaturated/α-hetero) is 1. The highest BCUT2D eigenvalue weighted by Crippen LogP contribution is 2.39. The lowest BCUT2D eigenvalue weighted by atomic mass is 9.67. The van der Waals surface area contributed by atoms with Crippen molar-refractivity contribution in [1.29, 1.82) is 0 Å². The van der Waals surface area contributed by atoms with Crippen LogP contribution in [0.2, 0.25) is 0 Å². The van der Waals surface area contributed by atoms with Crippen LogP contribution in [0.3, 0.4) is 0 Å². The SMILES string of the molecule is Cl.NC1CC2CCCC(C1)C2NC(=O)c1cc2c([nH]c1=O)CCCC2=O. The van der Waals surface area contributed by atoms with Crippen molar-refractivity contribution in [3.63, 3.8) is 0 Å². The fraction of sp³-hybridized carbons (Fsp3) is 0.632. The normalized spacial score (nSPS) is 30.1. The molecule has 0 radical (unpaired) electrons. The van der Waals surface area contributed by atoms with Crippen molar-refractivity contribution in [2.24, 2.45) is 17.6 Å². The zero-order chi connectivity index (χ0) is 17.6. The molecule has 4 N–H and O–H groups in total. The van der Waals surface area contributed by atoms with Crippen LogP contribution in [0.5, 0.6) is 0 Å². The number of ketones is 1. The van der Waals surface area contributed by atoms with Crippen LogP contribution in [0, 0.1) is 11.8 Å². The van der Waals surface area contributed by atoms with E-state index >= 15 is 0 Å². The maximum absolute atomic E-state index is 12.8. The number of fused-ring (bicyclic) bond motifs is 3. The van der Waals surface area contributed by atoms with Crippen molar-refractivity contribution in [2.45, 2.75) is 63.5 Å². The standard InChI is InChI=1S/C19H25N3O3.ClH/c20-12-7-10-3-1-4-11(8-12)17(10)22-19(25)14-9-13-15(21-18(14)24)5-2-6-16(13)23;/h9-12,17H,1-8,20H2,(H,21,24)(H,22,25);1H. The number of carbonyl (C=O) groups is 2. The van der Waals surface area contributed by atoms with Crippen molar-refractivity contribution < 1.29 is 9.59 Å². The summed E-state index contributed by atoms with van der Waals surface area (Å²) in [6.45, 7) is 0. The van der Waals surface area contributed by atoms with Gasteiger partial charge in [0.25, 0.3) is 11.5 Å². The second-order valence-corrected chi connectivity index (χ2v) is 7.86. The zero-order valence-electron chi connectivity index (χ0n) is 14.8. The van der Waals surface area contributed by atoms with Gasteiger partial charge in [0, 0.05) is 29.8 Å². The third-order valence-corrected chi connectivity index (χ3v) is 6.17. The number of aromatic amines is 1. The highest BCUT2D eigenvalue weighted by Gasteiger charge is 2.40. The Kier molecular flexibility index (Phi) is 5.53. The molecule has 2 saturated carbocycles. The van der Waals surface area contributed by atoms with E-state index in [0.29, 0.717) is 35.9 Å². The van der Waals surface area contributed by atoms with E-state index in [0.717, 1.165) is 32.1 Å². The summed E-state index contributed by atoms with van der Waals surface area (Å²) < 4.78 is 0. The number of halogens is 1. The van der Waals surface area contributed by atoms with E-state index in [2.05, 4.69) is 10.3 Å². The number of H-pyrrole nitrogens is 1. The van der Waals surface area contributed by atoms with Crippen molar-refractivity contribution in [1.82, 2.24) is 10.3 Å². The second-order valence-electron chi connectivity index (χ2n) is 7.86. The molecule has 0 aliphatic heterocycles. The predicted octanol–water partition coefficient (Wildman–Crippen LogP) is 1.95. The molecule has 1 aromatic rings. The Balaban J connectivity index is 0.00000196. The summed E-state index contributed by atoms with van der Waals surface area (Å²) in [5, 5.41) is 3.09. The monoisotopic (exact) mass is 379 g/mol. The molecular weight excluding hydrogens is 354 g/mol. The maximum atomic E-state index is 12.8. The smallest absolute Gasteiger partial charge is 0.261 e. The predicted molar refractivity (Wildman–Crippen MR) is 101 cm³/mol. The highest BCUT2D eigenvalue weighted by molar-refractivity contribution is 6.01. The van der Waals surface area contributed by atoms with Crippen molar-refractivity contribution in [3.05, 3.63) is 33.2 Å². The number of hydrogen-bond acceptors (Lipinski definition) is 4. The fourth-order valence-electron chi connectivity index (χ4n) is 5.00. The van der Waals surface area contributed by atoms with Crippen LogP contribution in [0.1, 0.15) is 71.4 Å². The molecule has 1 amide bonds. The van der Waals surface area contributed by atoms with Crippen LogP contribution in [0.4, 0.5) is 0 Å². The highest BCUT2D eigenvalue weighted by atomic mass is 35.5. The largest absolute Gasteiger partial charge is 0.349 e. The van der Waals surface area contributed by atoms with Crippen molar-refractivity contribution in [3.8, 4) is 0 Å². The van der Waals surface area contributed by atoms with Gasteiger partial charge in [0.1, 0.15) is 5.56 Å². The first kappa shape index (κ1) is 19.1. The zero-order valence-corrected chi connectivity index (χ0v) is 15.6. The summed E-state index contributed by atoms with van der Waals surface area (Å²) in [5.41, 5.74) is 6.96. The second kappa shape index (κ2) is 7.53. The minimum Gasteiger partial charge on any atom is -0.349 e. The van der Waals surface area contributed by atoms with Crippen molar-refractivity contribution in [2.75, 3.05) is 0 Å². The van der Waals surface area contributed by atoms with E-state index in [-0.39, 0.29) is 41.7 Å². The molecule has 3 aliphatic carbocycles. The van der Waals surface area contributed by atoms with Crippen LogP contribution < -0.4 is 16.6 Å². The first-order valence-corrected chi connectivity index (χ1v) is 9.38. The van der Waals surface area contributed by atoms with E-state index in [1.165, 1.54) is 12.5 Å². The number of nitrogens with one attached hydrogen (secondary N) is 2. The Labute approximate surface area is 158 Å². The molecule has 2 unspecified atom stereocenters. The van der Waals surface area contributed by atoms with E-state index in [1.54, 1.807) is 0 Å². The van der Waals surface area contributed by atoms with Gasteiger partial charge in [-0.25, -0.2) is 0 Å². The minimum atomic E-state index is -0.399. The summed E-state index contributed by atoms with van der Waals surface area (Å²) in [4.78, 5) is 39.9. The molecule has 4 rings (SSSR count). The molecule has 3 aliphatic rings. The summed E-state index contributed by atoms with van der Waals surface area (Å²) in [6.07, 6.45) is 7.11. The molecular formula is C19H26ClN3O3. The molecule has 0 saturated heterocycles. The summed E-state index contributed by atoms with van der Waals surface area (Å²) in [5.74, 6) is 0.432. The van der Waals surface area contributed by atoms with E-state index < -0.39 is 5.56 Å². The molecule has 2 fully saturated rings. The lowest BCUT2D eigenvalue weighted by Crippen LogP contribution is -2.54. The van der Waals surface area contributed by atoms with Crippen LogP contribution in [-0.4, -0.2) is 28.8 Å². The number of hydrogen-bond donors (Lipinski definition) is 3. The lowest BCUT2D eigenvalue weighted by Gasteiger charge is -2.45. The van der Waals surface area contributed by atoms with Gasteiger partial charge in [-0.3, -0.25) is 14.4 Å². The molecule has 1 heterocycles. The molecule has 2 bridgehead atoms. The minimum absolute atomic E-state index is 0. The van der Waals surface area contributed by atoms with Gasteiger partial charge in [-0.1, -0.05) is 6.42 Å². The molecule has 0 spiro atoms. The van der Waals surface area contributed by atoms with Gasteiger partial charge in [0.2, 0.25) is 0 Å². The van der Waals surface area contributed by atoms with Crippen LogP contribution in [0.25, 0.3) is 0 Å². The molecule has 6 nitrogen and oxygen atoms in total. The van der Waals surface area contributed by atoms with Crippen LogP contribution in [0.15, 0.2) is 10.9 Å². The van der Waals surface area contributed by atoms with Gasteiger partial charge in [-0.05, 0) is 56.4 Å². The molecule has 2 atom stereocenters. The van der Waals surface area contributed by atoms with Gasteiger partial charge in [-0.2, -0.15) is 0 Å². The Morgan fingerprint density at radius 1 is 1.12 bits per heavy atom. The van der Waals surface area contributed by atoms with Gasteiger partial charge in [0.05, 0.1) is 0 Å². The third kappa shape index (κ3) is 3.45. The number of pyridine rings is 1. The maximum Gasteiger partial charge on any atom is 0.261 e. The molecule has 142 valence electrons. The van der Waals surface area contributed by atoms with Gasteiger partial charge in [-0.15, -0.1) is 12.4 Å². The van der Waals surface area contributed by atoms with Gasteiger partial charge in [0.15, 0.2) is 5.78 Å². The van der Waals surface area contributed by atoms with Crippen LogP contribution >= 0.6 is 12.4 Å². The fourth-order valence-corrected chi connectivity index (χ4v) is 5.00. The Morgan fingerprint density at radius 3 is 2.50 bits per heavy atom. The molecule has 1 aromatic heterocycles. The molecule has 7 heteroatoms. The van der Waals surface area contributed by atoms with Crippen LogP contribution in [-0.2, 0) is 6.42 Å². The van der Waals surface area contributed by atoms with Gasteiger partial charge >= 0.3 is 0 Å². The third-order valence-electron chi connectivity index (χ3n) is 6.17. The Bertz CT molecular complexity index is 762. The summed E-state index contributed by atoms with van der Waals surface area (Å²) in [6, 6.07) is 1.80. The average molecular weight is 380 g/mol. The molecule has 0 aromatic carbocycles. The summed E-state index contributed by atoms with van der Waals surface area (Å²) >= 11 is 0.